The van der Waals surface area contributed by atoms with Crippen molar-refractivity contribution in [3.05, 3.63) is 35.8 Å². The summed E-state index contributed by atoms with van der Waals surface area (Å²) in [5, 5.41) is 1.46. The first-order valence-electron chi connectivity index (χ1n) is 3.11. The van der Waals surface area contributed by atoms with Crippen molar-refractivity contribution in [3.8, 4) is 0 Å². The molecule has 2 rings (SSSR count). The molecule has 2 aliphatic heterocycles. The highest BCUT2D eigenvalue weighted by atomic mass is 16.8. The highest BCUT2D eigenvalue weighted by molar-refractivity contribution is 5.75. The first-order valence-corrected chi connectivity index (χ1v) is 3.11. The quantitative estimate of drug-likeness (QED) is 0.576. The van der Waals surface area contributed by atoms with Crippen molar-refractivity contribution < 1.29 is 9.73 Å². The van der Waals surface area contributed by atoms with Crippen LogP contribution in [-0.2, 0) is 9.73 Å². The third-order valence-corrected chi connectivity index (χ3v) is 1.43. The molecule has 55 valence electrons. The van der Waals surface area contributed by atoms with Crippen molar-refractivity contribution in [2.24, 2.45) is 0 Å². The van der Waals surface area contributed by atoms with E-state index in [0.717, 1.165) is 0 Å². The molecule has 2 heterocycles. The highest BCUT2D eigenvalue weighted by Gasteiger charge is 2.20. The van der Waals surface area contributed by atoms with Crippen LogP contribution in [0.2, 0.25) is 0 Å². The molecule has 0 saturated heterocycles. The molecule has 0 saturated carbocycles. The van der Waals surface area contributed by atoms with E-state index < -0.39 is 0 Å². The zero-order chi connectivity index (χ0) is 7.68. The van der Waals surface area contributed by atoms with Crippen LogP contribution in [0.3, 0.4) is 0 Å². The fraction of sp³-hybridized carbons (Fsp3) is 0. The Kier molecular flexibility index (Phi) is 1.26. The summed E-state index contributed by atoms with van der Waals surface area (Å²) in [5.74, 6) is 0. The van der Waals surface area contributed by atoms with Gasteiger partial charge in [-0.15, -0.1) is 0 Å². The summed E-state index contributed by atoms with van der Waals surface area (Å²) in [5.41, 5.74) is 3.44. The Labute approximate surface area is 63.3 Å². The van der Waals surface area contributed by atoms with Crippen molar-refractivity contribution in [1.29, 1.82) is 0 Å². The van der Waals surface area contributed by atoms with Gasteiger partial charge in [-0.1, -0.05) is 6.08 Å². The van der Waals surface area contributed by atoms with Gasteiger partial charge in [-0.3, -0.25) is 4.79 Å². The normalized spacial score (nSPS) is 20.2. The van der Waals surface area contributed by atoms with Crippen LogP contribution in [-0.4, -0.2) is 11.3 Å². The van der Waals surface area contributed by atoms with E-state index in [4.69, 9.17) is 4.94 Å². The molecule has 11 heavy (non-hydrogen) atoms. The highest BCUT2D eigenvalue weighted by Crippen LogP contribution is 2.19. The number of hydroxylamine groups is 3. The summed E-state index contributed by atoms with van der Waals surface area (Å²) in [6.07, 6.45) is 8.82. The lowest BCUT2D eigenvalue weighted by Gasteiger charge is -2.12. The summed E-state index contributed by atoms with van der Waals surface area (Å²) >= 11 is 0. The van der Waals surface area contributed by atoms with Gasteiger partial charge in [-0.2, -0.15) is 4.94 Å². The van der Waals surface area contributed by atoms with Gasteiger partial charge < -0.3 is 0 Å². The molecule has 0 atom stereocenters. The molecule has 0 aromatic carbocycles. The molecule has 1 N–H and O–H groups in total. The van der Waals surface area contributed by atoms with E-state index in [1.54, 1.807) is 24.6 Å². The minimum Gasteiger partial charge on any atom is -0.283 e. The second-order valence-electron chi connectivity index (χ2n) is 2.08. The van der Waals surface area contributed by atoms with Crippen LogP contribution in [0.5, 0.6) is 0 Å². The van der Waals surface area contributed by atoms with Crippen LogP contribution in [0.15, 0.2) is 35.8 Å². The van der Waals surface area contributed by atoms with E-state index in [9.17, 15) is 4.79 Å². The molecule has 0 aliphatic carbocycles. The van der Waals surface area contributed by atoms with E-state index in [1.807, 2.05) is 6.08 Å². The Morgan fingerprint density at radius 3 is 3.27 bits per heavy atom. The van der Waals surface area contributed by atoms with Gasteiger partial charge in [-0.25, -0.2) is 10.5 Å². The van der Waals surface area contributed by atoms with Gasteiger partial charge in [0.2, 0.25) is 0 Å². The number of allylic oxidation sites excluding steroid dienone is 4. The minimum absolute atomic E-state index is 0.325. The molecule has 0 aromatic heterocycles. The third kappa shape index (κ3) is 0.841. The van der Waals surface area contributed by atoms with Crippen molar-refractivity contribution >= 4 is 6.29 Å². The lowest BCUT2D eigenvalue weighted by atomic mass is 10.3. The van der Waals surface area contributed by atoms with Crippen LogP contribution in [0.25, 0.3) is 0 Å². The summed E-state index contributed by atoms with van der Waals surface area (Å²) in [4.78, 5) is 15.1. The Morgan fingerprint density at radius 1 is 1.55 bits per heavy atom. The Morgan fingerprint density at radius 2 is 2.45 bits per heavy atom. The van der Waals surface area contributed by atoms with E-state index in [0.29, 0.717) is 11.4 Å². The van der Waals surface area contributed by atoms with Gasteiger partial charge in [0, 0.05) is 6.20 Å². The second kappa shape index (κ2) is 2.25. The SMILES string of the molecule is O=[C]C1=C2C=CC=CN2ON1. The van der Waals surface area contributed by atoms with Gasteiger partial charge in [0.05, 0.1) is 0 Å². The minimum atomic E-state index is 0.325. The summed E-state index contributed by atoms with van der Waals surface area (Å²) in [6, 6.07) is 0. The van der Waals surface area contributed by atoms with E-state index in [2.05, 4.69) is 5.48 Å². The Hall–Kier alpha value is -1.55. The predicted molar refractivity (Wildman–Crippen MR) is 37.1 cm³/mol. The van der Waals surface area contributed by atoms with Crippen molar-refractivity contribution in [2.45, 2.75) is 0 Å². The zero-order valence-corrected chi connectivity index (χ0v) is 5.57. The number of carbonyl (C=O) groups excluding carboxylic acids is 1. The van der Waals surface area contributed by atoms with E-state index >= 15 is 0 Å². The molecule has 0 amide bonds. The average molecular weight is 149 g/mol. The van der Waals surface area contributed by atoms with Gasteiger partial charge >= 0.3 is 0 Å². The molecule has 4 nitrogen and oxygen atoms in total. The average Bonchev–Trinajstić information content (AvgIpc) is 2.47. The molecule has 0 spiro atoms. The summed E-state index contributed by atoms with van der Waals surface area (Å²) in [6.45, 7) is 0. The Bertz CT molecular complexity index is 278. The van der Waals surface area contributed by atoms with Gasteiger partial charge in [-0.05, 0) is 12.2 Å². The van der Waals surface area contributed by atoms with E-state index in [-0.39, 0.29) is 0 Å². The number of fused-ring (bicyclic) bond motifs is 1. The van der Waals surface area contributed by atoms with Gasteiger partial charge in [0.15, 0.2) is 0 Å². The molecule has 4 heteroatoms. The third-order valence-electron chi connectivity index (χ3n) is 1.43. The molecule has 2 aliphatic rings. The first-order chi connectivity index (χ1) is 5.42. The summed E-state index contributed by atoms with van der Waals surface area (Å²) in [7, 11) is 0. The monoisotopic (exact) mass is 149 g/mol. The summed E-state index contributed by atoms with van der Waals surface area (Å²) < 4.78 is 0. The maximum Gasteiger partial charge on any atom is 0.255 e. The molecular formula is C7H5N2O2. The second-order valence-corrected chi connectivity index (χ2v) is 2.08. The van der Waals surface area contributed by atoms with Gasteiger partial charge in [0.1, 0.15) is 11.4 Å². The number of nitrogens with one attached hydrogen (secondary N) is 1. The smallest absolute Gasteiger partial charge is 0.255 e. The molecule has 1 radical (unpaired) electrons. The van der Waals surface area contributed by atoms with Crippen molar-refractivity contribution in [3.63, 3.8) is 0 Å². The number of hydrogen-bond acceptors (Lipinski definition) is 4. The first kappa shape index (κ1) is 6.18. The van der Waals surface area contributed by atoms with Gasteiger partial charge in [0.25, 0.3) is 6.29 Å². The number of nitrogens with zero attached hydrogens (tertiary/aromatic N) is 1. The molecule has 0 bridgehead atoms. The lowest BCUT2D eigenvalue weighted by Crippen LogP contribution is -2.15. The maximum atomic E-state index is 10.3. The lowest BCUT2D eigenvalue weighted by molar-refractivity contribution is -0.113. The molecule has 0 aromatic rings. The number of hydrogen-bond donors (Lipinski definition) is 1. The molecule has 0 unspecified atom stereocenters. The molecule has 0 fully saturated rings. The predicted octanol–water partition coefficient (Wildman–Crippen LogP) is 0.143. The topological polar surface area (TPSA) is 41.6 Å². The number of rotatable bonds is 1. The van der Waals surface area contributed by atoms with Crippen molar-refractivity contribution in [2.75, 3.05) is 0 Å². The van der Waals surface area contributed by atoms with E-state index in [1.165, 1.54) is 5.06 Å². The standard InChI is InChI=1S/C7H5N2O2/c10-5-6-7-3-1-2-4-9(7)11-8-6/h1-4,8H. The zero-order valence-electron chi connectivity index (χ0n) is 5.57. The fourth-order valence-electron chi connectivity index (χ4n) is 0.922. The Balaban J connectivity index is 2.40. The molecular weight excluding hydrogens is 144 g/mol. The van der Waals surface area contributed by atoms with Crippen LogP contribution >= 0.6 is 0 Å². The largest absolute Gasteiger partial charge is 0.283 e. The van der Waals surface area contributed by atoms with Crippen LogP contribution in [0, 0.1) is 0 Å². The van der Waals surface area contributed by atoms with Crippen LogP contribution in [0.1, 0.15) is 0 Å². The maximum absolute atomic E-state index is 10.3. The fourth-order valence-corrected chi connectivity index (χ4v) is 0.922. The van der Waals surface area contributed by atoms with Crippen molar-refractivity contribution in [1.82, 2.24) is 10.5 Å². The van der Waals surface area contributed by atoms with Crippen LogP contribution in [0.4, 0.5) is 0 Å². The van der Waals surface area contributed by atoms with Crippen LogP contribution < -0.4 is 5.48 Å².